The molecule has 0 heterocycles. The van der Waals surface area contributed by atoms with Gasteiger partial charge in [0.1, 0.15) is 20.2 Å². The fraction of sp³-hybridized carbons (Fsp3) is 0.111. The average Bonchev–Trinajstić information content (AvgIpc) is 2.58. The van der Waals surface area contributed by atoms with Crippen LogP contribution in [0.5, 0.6) is 0 Å². The molecule has 0 aliphatic rings. The van der Waals surface area contributed by atoms with Crippen LogP contribution in [0, 0.1) is 0 Å². The van der Waals surface area contributed by atoms with Gasteiger partial charge in [0.15, 0.2) is 0 Å². The molecule has 2 aromatic rings. The third kappa shape index (κ3) is 9.83. The maximum atomic E-state index is 11.6. The van der Waals surface area contributed by atoms with Gasteiger partial charge in [-0.25, -0.2) is 16.8 Å². The van der Waals surface area contributed by atoms with Crippen LogP contribution in [0.2, 0.25) is 0 Å². The van der Waals surface area contributed by atoms with E-state index in [1.165, 1.54) is 38.1 Å². The van der Waals surface area contributed by atoms with Crippen molar-refractivity contribution in [3.63, 3.8) is 0 Å². The van der Waals surface area contributed by atoms with Crippen LogP contribution in [0.3, 0.4) is 0 Å². The topological polar surface area (TPSA) is 173 Å². The maximum Gasteiger partial charge on any atom is 1.00 e. The van der Waals surface area contributed by atoms with Gasteiger partial charge in [-0.1, -0.05) is 24.3 Å². The second kappa shape index (κ2) is 13.3. The van der Waals surface area contributed by atoms with E-state index in [-0.39, 0.29) is 125 Å². The molecule has 2 N–H and O–H groups in total. The van der Waals surface area contributed by atoms with Crippen molar-refractivity contribution >= 4 is 55.6 Å². The molecule has 0 unspecified atom stereocenters. The average molecular weight is 531 g/mol. The first-order valence-corrected chi connectivity index (χ1v) is 11.0. The Kier molecular flexibility index (Phi) is 13.4. The van der Waals surface area contributed by atoms with Crippen LogP contribution >= 0.6 is 0 Å². The van der Waals surface area contributed by atoms with Crippen molar-refractivity contribution in [3.8, 4) is 0 Å². The van der Waals surface area contributed by atoms with Crippen LogP contribution in [-0.4, -0.2) is 37.8 Å². The third-order valence-corrected chi connectivity index (χ3v) is 5.43. The molecule has 0 aliphatic heterocycles. The first kappa shape index (κ1) is 32.2. The van der Waals surface area contributed by atoms with Crippen molar-refractivity contribution in [2.75, 3.05) is 10.6 Å². The van der Waals surface area contributed by atoms with Gasteiger partial charge in [0, 0.05) is 25.2 Å². The first-order chi connectivity index (χ1) is 13.8. The molecule has 0 fully saturated rings. The molecule has 10 nitrogen and oxygen atoms in total. The molecular weight excluding hydrogens is 515 g/mol. The Balaban J connectivity index is 0.00000480. The third-order valence-electron chi connectivity index (χ3n) is 3.65. The molecule has 2 aromatic carbocycles. The molecule has 0 saturated carbocycles. The number of rotatable bonds is 6. The molecule has 2 amide bonds. The van der Waals surface area contributed by atoms with E-state index in [2.05, 4.69) is 10.6 Å². The van der Waals surface area contributed by atoms with Crippen LogP contribution in [0.4, 0.5) is 11.4 Å². The molecule has 2 rings (SSSR count). The summed E-state index contributed by atoms with van der Waals surface area (Å²) in [5.74, 6) is -0.950. The number of carbonyl (C=O) groups excluding carboxylic acids is 2. The summed E-state index contributed by atoms with van der Waals surface area (Å²) in [5, 5.41) is 4.70. The zero-order valence-electron chi connectivity index (χ0n) is 17.7. The fourth-order valence-electron chi connectivity index (χ4n) is 2.52. The van der Waals surface area contributed by atoms with Crippen molar-refractivity contribution < 1.29 is 138 Å². The van der Waals surface area contributed by atoms with E-state index >= 15 is 0 Å². The Hall–Kier alpha value is 0.213. The molecule has 0 bridgehead atoms. The number of carbonyl (C=O) groups is 2. The van der Waals surface area contributed by atoms with E-state index in [9.17, 15) is 35.5 Å². The van der Waals surface area contributed by atoms with E-state index in [4.69, 9.17) is 0 Å². The number of nitrogens with one attached hydrogen (secondary N) is 2. The van der Waals surface area contributed by atoms with Gasteiger partial charge in [-0.2, -0.15) is 0 Å². The second-order valence-electron chi connectivity index (χ2n) is 6.11. The summed E-state index contributed by atoms with van der Waals surface area (Å²) in [6, 6.07) is 7.11. The monoisotopic (exact) mass is 530 g/mol. The van der Waals surface area contributed by atoms with Crippen molar-refractivity contribution in [2.45, 2.75) is 23.6 Å². The number of anilines is 2. The van der Waals surface area contributed by atoms with Gasteiger partial charge < -0.3 is 19.7 Å². The zero-order valence-corrected chi connectivity index (χ0v) is 25.6. The predicted molar refractivity (Wildman–Crippen MR) is 106 cm³/mol. The smallest absolute Gasteiger partial charge is 0.744 e. The number of benzene rings is 2. The maximum absolute atomic E-state index is 11.6. The standard InChI is InChI=1S/C18H18N2O8S2.2K/c1-11(21)19-15-7-5-13(17(9-15)29(23,24)25)3-4-14-6-8-16(20-12(2)22)10-18(14)30(26,27)28;;/h3-10H,1-2H3,(H,19,21)(H,20,22)(H,23,24,25)(H,26,27,28);;/q;2*+1/p-2/b4-3+;;. The Morgan fingerprint density at radius 3 is 1.28 bits per heavy atom. The van der Waals surface area contributed by atoms with Crippen molar-refractivity contribution in [1.82, 2.24) is 0 Å². The molecule has 0 saturated heterocycles. The first-order valence-electron chi connectivity index (χ1n) is 8.20. The predicted octanol–water partition coefficient (Wildman–Crippen LogP) is -4.41. The second-order valence-corrected chi connectivity index (χ2v) is 8.81. The zero-order chi connectivity index (χ0) is 22.7. The molecule has 0 aliphatic carbocycles. The number of hydrogen-bond acceptors (Lipinski definition) is 8. The molecule has 0 atom stereocenters. The van der Waals surface area contributed by atoms with Crippen LogP contribution in [0.1, 0.15) is 25.0 Å². The molecule has 160 valence electrons. The van der Waals surface area contributed by atoms with Crippen molar-refractivity contribution in [2.24, 2.45) is 0 Å². The summed E-state index contributed by atoms with van der Waals surface area (Å²) in [5.41, 5.74) is -0.00769. The molecule has 0 radical (unpaired) electrons. The van der Waals surface area contributed by atoms with Gasteiger partial charge >= 0.3 is 103 Å². The van der Waals surface area contributed by atoms with Gasteiger partial charge in [0.2, 0.25) is 11.8 Å². The summed E-state index contributed by atoms with van der Waals surface area (Å²) in [6.07, 6.45) is 2.29. The van der Waals surface area contributed by atoms with Crippen LogP contribution in [-0.2, 0) is 29.8 Å². The van der Waals surface area contributed by atoms with E-state index in [0.29, 0.717) is 0 Å². The Morgan fingerprint density at radius 1 is 0.719 bits per heavy atom. The number of hydrogen-bond donors (Lipinski definition) is 2. The van der Waals surface area contributed by atoms with E-state index in [1.54, 1.807) is 0 Å². The van der Waals surface area contributed by atoms with Gasteiger partial charge in [-0.3, -0.25) is 9.59 Å². The summed E-state index contributed by atoms with van der Waals surface area (Å²) < 4.78 is 69.5. The quantitative estimate of drug-likeness (QED) is 0.214. The normalized spacial score (nSPS) is 11.2. The van der Waals surface area contributed by atoms with Gasteiger partial charge in [-0.05, 0) is 35.4 Å². The molecule has 14 heteroatoms. The van der Waals surface area contributed by atoms with Crippen molar-refractivity contribution in [1.29, 1.82) is 0 Å². The molecule has 0 spiro atoms. The minimum Gasteiger partial charge on any atom is -0.744 e. The van der Waals surface area contributed by atoms with E-state index < -0.39 is 41.8 Å². The summed E-state index contributed by atoms with van der Waals surface area (Å²) in [4.78, 5) is 21.0. The van der Waals surface area contributed by atoms with Crippen molar-refractivity contribution in [3.05, 3.63) is 47.5 Å². The van der Waals surface area contributed by atoms with Gasteiger partial charge in [0.25, 0.3) is 0 Å². The largest absolute Gasteiger partial charge is 1.00 e. The van der Waals surface area contributed by atoms with Crippen LogP contribution in [0.25, 0.3) is 12.2 Å². The van der Waals surface area contributed by atoms with Crippen LogP contribution < -0.4 is 113 Å². The van der Waals surface area contributed by atoms with Gasteiger partial charge in [0.05, 0.1) is 9.79 Å². The fourth-order valence-corrected chi connectivity index (χ4v) is 3.91. The van der Waals surface area contributed by atoms with E-state index in [1.807, 2.05) is 0 Å². The van der Waals surface area contributed by atoms with Gasteiger partial charge in [-0.15, -0.1) is 0 Å². The molecular formula is C18H16K2N2O8S2. The summed E-state index contributed by atoms with van der Waals surface area (Å²) in [7, 11) is -9.87. The number of amides is 2. The van der Waals surface area contributed by atoms with E-state index in [0.717, 1.165) is 24.3 Å². The summed E-state index contributed by atoms with van der Waals surface area (Å²) in [6.45, 7) is 2.41. The Morgan fingerprint density at radius 2 is 1.03 bits per heavy atom. The summed E-state index contributed by atoms with van der Waals surface area (Å²) >= 11 is 0. The van der Waals surface area contributed by atoms with Crippen LogP contribution in [0.15, 0.2) is 46.2 Å². The minimum atomic E-state index is -4.93. The molecule has 32 heavy (non-hydrogen) atoms. The Bertz CT molecular complexity index is 1160. The Labute approximate surface area is 271 Å². The minimum absolute atomic E-state index is 0. The SMILES string of the molecule is CC(=O)Nc1ccc(/C=C/c2ccc(NC(C)=O)cc2S(=O)(=O)[O-])c(S(=O)(=O)[O-])c1.[K+].[K+]. The molecule has 0 aromatic heterocycles.